The zero-order chi connectivity index (χ0) is 19.6. The van der Waals surface area contributed by atoms with Crippen molar-refractivity contribution in [2.24, 2.45) is 0 Å². The van der Waals surface area contributed by atoms with Crippen LogP contribution in [0, 0.1) is 0 Å². The van der Waals surface area contributed by atoms with E-state index in [0.717, 1.165) is 31.6 Å². The first-order chi connectivity index (χ1) is 13.5. The molecule has 8 heteroatoms. The van der Waals surface area contributed by atoms with Crippen molar-refractivity contribution < 1.29 is 17.9 Å². The van der Waals surface area contributed by atoms with Crippen LogP contribution in [0.25, 0.3) is 0 Å². The van der Waals surface area contributed by atoms with E-state index in [4.69, 9.17) is 4.74 Å². The lowest BCUT2D eigenvalue weighted by Gasteiger charge is -2.29. The predicted octanol–water partition coefficient (Wildman–Crippen LogP) is 2.22. The van der Waals surface area contributed by atoms with Gasteiger partial charge in [-0.3, -0.25) is 4.79 Å². The molecular formula is C20H23N3O4S. The van der Waals surface area contributed by atoms with E-state index in [9.17, 15) is 13.2 Å². The highest BCUT2D eigenvalue weighted by molar-refractivity contribution is 7.89. The lowest BCUT2D eigenvalue weighted by atomic mass is 10.2. The summed E-state index contributed by atoms with van der Waals surface area (Å²) in [5, 5.41) is 2.88. The van der Waals surface area contributed by atoms with Crippen molar-refractivity contribution in [3.8, 4) is 0 Å². The van der Waals surface area contributed by atoms with Gasteiger partial charge in [-0.05, 0) is 55.3 Å². The fraction of sp³-hybridized carbons (Fsp3) is 0.350. The van der Waals surface area contributed by atoms with Gasteiger partial charge in [0.25, 0.3) is 5.91 Å². The van der Waals surface area contributed by atoms with E-state index in [-0.39, 0.29) is 16.8 Å². The highest BCUT2D eigenvalue weighted by Crippen LogP contribution is 2.23. The lowest BCUT2D eigenvalue weighted by Crippen LogP contribution is -2.36. The molecule has 2 fully saturated rings. The minimum absolute atomic E-state index is 0.0479. The number of anilines is 2. The third-order valence-electron chi connectivity index (χ3n) is 4.81. The summed E-state index contributed by atoms with van der Waals surface area (Å²) < 4.78 is 32.4. The molecule has 1 heterocycles. The first-order valence-electron chi connectivity index (χ1n) is 9.38. The van der Waals surface area contributed by atoms with Gasteiger partial charge in [0.15, 0.2) is 0 Å². The topological polar surface area (TPSA) is 87.7 Å². The molecule has 1 saturated carbocycles. The summed E-state index contributed by atoms with van der Waals surface area (Å²) in [6.07, 6.45) is 1.76. The second-order valence-corrected chi connectivity index (χ2v) is 8.74. The average Bonchev–Trinajstić information content (AvgIpc) is 3.52. The summed E-state index contributed by atoms with van der Waals surface area (Å²) in [5.74, 6) is -0.279. The van der Waals surface area contributed by atoms with Crippen LogP contribution in [-0.2, 0) is 14.8 Å². The van der Waals surface area contributed by atoms with E-state index in [0.29, 0.717) is 24.5 Å². The Bertz CT molecular complexity index is 950. The molecule has 0 radical (unpaired) electrons. The van der Waals surface area contributed by atoms with Crippen LogP contribution in [0.3, 0.4) is 0 Å². The van der Waals surface area contributed by atoms with Gasteiger partial charge in [0.2, 0.25) is 10.0 Å². The van der Waals surface area contributed by atoms with Crippen LogP contribution in [0.1, 0.15) is 23.2 Å². The average molecular weight is 401 g/mol. The molecule has 1 amide bonds. The Labute approximate surface area is 164 Å². The van der Waals surface area contributed by atoms with Gasteiger partial charge in [-0.15, -0.1) is 0 Å². The molecule has 0 atom stereocenters. The van der Waals surface area contributed by atoms with E-state index < -0.39 is 10.0 Å². The van der Waals surface area contributed by atoms with Crippen LogP contribution in [0.5, 0.6) is 0 Å². The molecule has 0 unspecified atom stereocenters. The Hall–Kier alpha value is -2.42. The van der Waals surface area contributed by atoms with Crippen LogP contribution in [-0.4, -0.2) is 46.7 Å². The molecule has 1 aliphatic carbocycles. The van der Waals surface area contributed by atoms with E-state index in [1.54, 1.807) is 0 Å². The molecular weight excluding hydrogens is 378 g/mol. The largest absolute Gasteiger partial charge is 0.378 e. The number of morpholine rings is 1. The molecule has 0 aromatic heterocycles. The predicted molar refractivity (Wildman–Crippen MR) is 107 cm³/mol. The van der Waals surface area contributed by atoms with Crippen molar-refractivity contribution in [2.45, 2.75) is 23.8 Å². The van der Waals surface area contributed by atoms with Crippen molar-refractivity contribution in [3.05, 3.63) is 54.1 Å². The van der Waals surface area contributed by atoms with Gasteiger partial charge in [-0.2, -0.15) is 0 Å². The Kier molecular flexibility index (Phi) is 5.34. The molecule has 0 spiro atoms. The lowest BCUT2D eigenvalue weighted by molar-refractivity contribution is 0.102. The molecule has 28 heavy (non-hydrogen) atoms. The second-order valence-electron chi connectivity index (χ2n) is 7.02. The molecule has 2 aromatic rings. The van der Waals surface area contributed by atoms with Gasteiger partial charge in [0.1, 0.15) is 0 Å². The number of carbonyl (C=O) groups is 1. The molecule has 2 N–H and O–H groups in total. The highest BCUT2D eigenvalue weighted by Gasteiger charge is 2.28. The maximum Gasteiger partial charge on any atom is 0.255 e. The number of amides is 1. The van der Waals surface area contributed by atoms with E-state index >= 15 is 0 Å². The Morgan fingerprint density at radius 3 is 2.43 bits per heavy atom. The summed E-state index contributed by atoms with van der Waals surface area (Å²) >= 11 is 0. The third-order valence-corrected chi connectivity index (χ3v) is 6.34. The summed E-state index contributed by atoms with van der Waals surface area (Å²) in [4.78, 5) is 14.9. The summed E-state index contributed by atoms with van der Waals surface area (Å²) in [5.41, 5.74) is 2.14. The molecule has 2 aliphatic rings. The van der Waals surface area contributed by atoms with Crippen molar-refractivity contribution >= 4 is 27.3 Å². The number of sulfonamides is 1. The van der Waals surface area contributed by atoms with Gasteiger partial charge in [-0.25, -0.2) is 13.1 Å². The maximum atomic E-state index is 12.5. The third kappa shape index (κ3) is 4.52. The number of hydrogen-bond donors (Lipinski definition) is 2. The van der Waals surface area contributed by atoms with Crippen LogP contribution in [0.4, 0.5) is 11.4 Å². The summed E-state index contributed by atoms with van der Waals surface area (Å²) in [6.45, 7) is 3.04. The van der Waals surface area contributed by atoms with Gasteiger partial charge >= 0.3 is 0 Å². The van der Waals surface area contributed by atoms with Crippen molar-refractivity contribution in [2.75, 3.05) is 36.5 Å². The zero-order valence-electron chi connectivity index (χ0n) is 15.4. The fourth-order valence-corrected chi connectivity index (χ4v) is 4.38. The number of nitrogens with zero attached hydrogens (tertiary/aromatic N) is 1. The first kappa shape index (κ1) is 18.9. The van der Waals surface area contributed by atoms with Crippen molar-refractivity contribution in [1.29, 1.82) is 0 Å². The number of nitrogens with one attached hydrogen (secondary N) is 2. The molecule has 4 rings (SSSR count). The first-order valence-corrected chi connectivity index (χ1v) is 10.9. The van der Waals surface area contributed by atoms with E-state index in [2.05, 4.69) is 14.9 Å². The monoisotopic (exact) mass is 401 g/mol. The number of rotatable bonds is 6. The number of ether oxygens (including phenoxy) is 1. The Morgan fingerprint density at radius 2 is 1.75 bits per heavy atom. The van der Waals surface area contributed by atoms with Crippen molar-refractivity contribution in [1.82, 2.24) is 4.72 Å². The number of benzene rings is 2. The highest BCUT2D eigenvalue weighted by atomic mass is 32.2. The van der Waals surface area contributed by atoms with Crippen LogP contribution in [0.15, 0.2) is 53.4 Å². The number of hydrogen-bond acceptors (Lipinski definition) is 5. The molecule has 1 aliphatic heterocycles. The van der Waals surface area contributed by atoms with Gasteiger partial charge in [0, 0.05) is 36.1 Å². The Balaban J connectivity index is 1.43. The summed E-state index contributed by atoms with van der Waals surface area (Å²) in [6, 6.07) is 13.7. The van der Waals surface area contributed by atoms with Gasteiger partial charge in [0.05, 0.1) is 18.1 Å². The normalized spacial score (nSPS) is 17.4. The molecule has 1 saturated heterocycles. The number of carbonyl (C=O) groups excluding carboxylic acids is 1. The van der Waals surface area contributed by atoms with Gasteiger partial charge < -0.3 is 15.0 Å². The van der Waals surface area contributed by atoms with Crippen LogP contribution >= 0.6 is 0 Å². The van der Waals surface area contributed by atoms with Crippen LogP contribution in [0.2, 0.25) is 0 Å². The molecule has 2 aromatic carbocycles. The Morgan fingerprint density at radius 1 is 1.04 bits per heavy atom. The summed E-state index contributed by atoms with van der Waals surface area (Å²) in [7, 11) is -3.51. The van der Waals surface area contributed by atoms with E-state index in [1.165, 1.54) is 24.3 Å². The SMILES string of the molecule is O=C(Nc1cccc(N2CCOCC2)c1)c1ccc(S(=O)(=O)NC2CC2)cc1. The van der Waals surface area contributed by atoms with E-state index in [1.807, 2.05) is 24.3 Å². The second kappa shape index (κ2) is 7.90. The standard InChI is InChI=1S/C20H23N3O4S/c24-20(15-4-8-19(9-5-15)28(25,26)22-16-6-7-16)21-17-2-1-3-18(14-17)23-10-12-27-13-11-23/h1-5,8-9,14,16,22H,6-7,10-13H2,(H,21,24). The molecule has 148 valence electrons. The molecule has 0 bridgehead atoms. The zero-order valence-corrected chi connectivity index (χ0v) is 16.2. The van der Waals surface area contributed by atoms with Crippen LogP contribution < -0.4 is 14.9 Å². The van der Waals surface area contributed by atoms with Crippen molar-refractivity contribution in [3.63, 3.8) is 0 Å². The molecule has 7 nitrogen and oxygen atoms in total. The minimum Gasteiger partial charge on any atom is -0.378 e. The van der Waals surface area contributed by atoms with Gasteiger partial charge in [-0.1, -0.05) is 6.07 Å². The smallest absolute Gasteiger partial charge is 0.255 e. The fourth-order valence-electron chi connectivity index (χ4n) is 3.08. The maximum absolute atomic E-state index is 12.5. The quantitative estimate of drug-likeness (QED) is 0.775. The minimum atomic E-state index is -3.51.